The fraction of sp³-hybridized carbons (Fsp3) is 0.818. The van der Waals surface area contributed by atoms with Gasteiger partial charge in [-0.05, 0) is 32.2 Å². The van der Waals surface area contributed by atoms with E-state index in [-0.39, 0.29) is 24.4 Å². The number of primary amides is 1. The van der Waals surface area contributed by atoms with Crippen molar-refractivity contribution in [3.05, 3.63) is 0 Å². The molecule has 3 unspecified atom stereocenters. The summed E-state index contributed by atoms with van der Waals surface area (Å²) in [5, 5.41) is 5.62. The molecule has 0 spiro atoms. The van der Waals surface area contributed by atoms with Crippen LogP contribution in [-0.2, 0) is 4.79 Å². The molecule has 2 heterocycles. The number of halogens is 1. The van der Waals surface area contributed by atoms with Crippen molar-refractivity contribution in [2.45, 2.75) is 31.8 Å². The average Bonchev–Trinajstić information content (AvgIpc) is 2.73. The first kappa shape index (κ1) is 15.2. The molecule has 4 N–H and O–H groups in total. The molecule has 2 aliphatic rings. The third-order valence-corrected chi connectivity index (χ3v) is 3.86. The second-order valence-corrected chi connectivity index (χ2v) is 4.92. The van der Waals surface area contributed by atoms with Gasteiger partial charge in [-0.1, -0.05) is 0 Å². The summed E-state index contributed by atoms with van der Waals surface area (Å²) in [5.41, 5.74) is 4.95. The zero-order valence-electron chi connectivity index (χ0n) is 10.5. The van der Waals surface area contributed by atoms with Crippen molar-refractivity contribution >= 4 is 24.3 Å². The lowest BCUT2D eigenvalue weighted by molar-refractivity contribution is -0.125. The number of piperidine rings is 1. The Morgan fingerprint density at radius 1 is 1.44 bits per heavy atom. The van der Waals surface area contributed by atoms with Crippen molar-refractivity contribution in [2.75, 3.05) is 19.6 Å². The summed E-state index contributed by atoms with van der Waals surface area (Å²) in [7, 11) is 0. The lowest BCUT2D eigenvalue weighted by atomic mass is 9.92. The summed E-state index contributed by atoms with van der Waals surface area (Å²) in [6, 6.07) is -0.457. The van der Waals surface area contributed by atoms with Gasteiger partial charge in [0.25, 0.3) is 0 Å². The van der Waals surface area contributed by atoms with Gasteiger partial charge in [0.1, 0.15) is 0 Å². The van der Waals surface area contributed by atoms with E-state index in [4.69, 9.17) is 5.73 Å². The van der Waals surface area contributed by atoms with Gasteiger partial charge in [-0.25, -0.2) is 4.79 Å². The minimum absolute atomic E-state index is 0. The first-order valence-electron chi connectivity index (χ1n) is 6.15. The topological polar surface area (TPSA) is 87.5 Å². The van der Waals surface area contributed by atoms with E-state index < -0.39 is 6.03 Å². The van der Waals surface area contributed by atoms with Crippen molar-refractivity contribution in [1.82, 2.24) is 15.5 Å². The van der Waals surface area contributed by atoms with Gasteiger partial charge >= 0.3 is 6.03 Å². The van der Waals surface area contributed by atoms with Gasteiger partial charge < -0.3 is 11.1 Å². The van der Waals surface area contributed by atoms with Crippen LogP contribution in [0.2, 0.25) is 0 Å². The number of urea groups is 1. The Morgan fingerprint density at radius 2 is 2.17 bits per heavy atom. The first-order valence-corrected chi connectivity index (χ1v) is 6.15. The number of nitrogens with zero attached hydrogens (tertiary/aromatic N) is 1. The van der Waals surface area contributed by atoms with Crippen molar-refractivity contribution in [1.29, 1.82) is 0 Å². The van der Waals surface area contributed by atoms with Gasteiger partial charge in [0.15, 0.2) is 0 Å². The summed E-state index contributed by atoms with van der Waals surface area (Å²) in [4.78, 5) is 24.4. The highest BCUT2D eigenvalue weighted by Gasteiger charge is 2.35. The van der Waals surface area contributed by atoms with E-state index in [0.29, 0.717) is 12.0 Å². The van der Waals surface area contributed by atoms with Crippen LogP contribution in [-0.4, -0.2) is 48.6 Å². The number of likely N-dealkylation sites (tertiary alicyclic amines) is 1. The van der Waals surface area contributed by atoms with Gasteiger partial charge in [-0.3, -0.25) is 15.0 Å². The molecule has 0 bridgehead atoms. The molecule has 0 aromatic carbocycles. The zero-order valence-corrected chi connectivity index (χ0v) is 11.3. The Morgan fingerprint density at radius 3 is 2.83 bits per heavy atom. The van der Waals surface area contributed by atoms with Crippen LogP contribution >= 0.6 is 12.4 Å². The largest absolute Gasteiger partial charge is 0.351 e. The van der Waals surface area contributed by atoms with Crippen molar-refractivity contribution in [3.63, 3.8) is 0 Å². The molecule has 0 aliphatic carbocycles. The molecular weight excluding hydrogens is 256 g/mol. The molecule has 2 saturated heterocycles. The number of hydrogen-bond acceptors (Lipinski definition) is 4. The van der Waals surface area contributed by atoms with E-state index in [1.807, 2.05) is 6.92 Å². The number of rotatable bonds is 2. The number of carbonyl (C=O) groups is 2. The van der Waals surface area contributed by atoms with Crippen LogP contribution in [0, 0.1) is 5.92 Å². The van der Waals surface area contributed by atoms with Crippen LogP contribution in [0.4, 0.5) is 4.79 Å². The SMILES string of the molecule is CC(C(=O)NC(N)=O)N1CCC2NCCC2C1.Cl. The number of nitrogens with two attached hydrogens (primary N) is 1. The van der Waals surface area contributed by atoms with Crippen LogP contribution in [0.15, 0.2) is 0 Å². The van der Waals surface area contributed by atoms with E-state index in [1.54, 1.807) is 0 Å². The number of hydrogen-bond donors (Lipinski definition) is 3. The predicted molar refractivity (Wildman–Crippen MR) is 70.5 cm³/mol. The molecule has 2 rings (SSSR count). The first-order chi connectivity index (χ1) is 8.08. The third-order valence-electron chi connectivity index (χ3n) is 3.86. The molecule has 3 amide bonds. The van der Waals surface area contributed by atoms with E-state index >= 15 is 0 Å². The second kappa shape index (κ2) is 6.36. The minimum atomic E-state index is -0.778. The normalized spacial score (nSPS) is 28.9. The molecule has 2 aliphatic heterocycles. The molecular formula is C11H21ClN4O2. The molecule has 18 heavy (non-hydrogen) atoms. The maximum atomic E-state index is 11.7. The van der Waals surface area contributed by atoms with E-state index in [9.17, 15) is 9.59 Å². The molecule has 6 nitrogen and oxygen atoms in total. The summed E-state index contributed by atoms with van der Waals surface area (Å²) < 4.78 is 0. The molecule has 104 valence electrons. The Hall–Kier alpha value is -0.850. The average molecular weight is 277 g/mol. The smallest absolute Gasteiger partial charge is 0.318 e. The van der Waals surface area contributed by atoms with E-state index in [0.717, 1.165) is 26.1 Å². The van der Waals surface area contributed by atoms with E-state index in [1.165, 1.54) is 6.42 Å². The van der Waals surface area contributed by atoms with Crippen molar-refractivity contribution in [3.8, 4) is 0 Å². The Labute approximate surface area is 113 Å². The summed E-state index contributed by atoms with van der Waals surface area (Å²) in [6.07, 6.45) is 2.24. The Balaban J connectivity index is 0.00000162. The fourth-order valence-corrected chi connectivity index (χ4v) is 2.82. The standard InChI is InChI=1S/C11H20N4O2.ClH/c1-7(10(16)14-11(12)17)15-5-3-9-8(6-15)2-4-13-9;/h7-9,13H,2-6H2,1H3,(H3,12,14,16,17);1H. The van der Waals surface area contributed by atoms with Crippen LogP contribution < -0.4 is 16.4 Å². The monoisotopic (exact) mass is 276 g/mol. The van der Waals surface area contributed by atoms with Crippen LogP contribution in [0.1, 0.15) is 19.8 Å². The lowest BCUT2D eigenvalue weighted by Crippen LogP contribution is -2.53. The maximum Gasteiger partial charge on any atom is 0.318 e. The molecule has 2 fully saturated rings. The summed E-state index contributed by atoms with van der Waals surface area (Å²) >= 11 is 0. The van der Waals surface area contributed by atoms with Gasteiger partial charge in [-0.2, -0.15) is 0 Å². The predicted octanol–water partition coefficient (Wildman–Crippen LogP) is -0.325. The fourth-order valence-electron chi connectivity index (χ4n) is 2.82. The Kier molecular flexibility index (Phi) is 5.37. The van der Waals surface area contributed by atoms with Gasteiger partial charge in [0.2, 0.25) is 5.91 Å². The quantitative estimate of drug-likeness (QED) is 0.645. The van der Waals surface area contributed by atoms with Gasteiger partial charge in [0, 0.05) is 19.1 Å². The molecule has 0 aromatic rings. The second-order valence-electron chi connectivity index (χ2n) is 4.92. The van der Waals surface area contributed by atoms with Crippen molar-refractivity contribution < 1.29 is 9.59 Å². The summed E-state index contributed by atoms with van der Waals surface area (Å²) in [5.74, 6) is 0.328. The van der Waals surface area contributed by atoms with Gasteiger partial charge in [-0.15, -0.1) is 12.4 Å². The molecule has 0 radical (unpaired) electrons. The Bertz CT molecular complexity index is 326. The highest BCUT2D eigenvalue weighted by atomic mass is 35.5. The highest BCUT2D eigenvalue weighted by molar-refractivity contribution is 5.96. The van der Waals surface area contributed by atoms with Gasteiger partial charge in [0.05, 0.1) is 6.04 Å². The third kappa shape index (κ3) is 3.34. The zero-order chi connectivity index (χ0) is 12.4. The van der Waals surface area contributed by atoms with Crippen molar-refractivity contribution in [2.24, 2.45) is 11.7 Å². The molecule has 3 atom stereocenters. The number of amides is 3. The number of carbonyl (C=O) groups excluding carboxylic acids is 2. The number of imide groups is 1. The van der Waals surface area contributed by atoms with E-state index in [2.05, 4.69) is 15.5 Å². The lowest BCUT2D eigenvalue weighted by Gasteiger charge is -2.37. The minimum Gasteiger partial charge on any atom is -0.351 e. The number of fused-ring (bicyclic) bond motifs is 1. The molecule has 7 heteroatoms. The molecule has 0 aromatic heterocycles. The van der Waals surface area contributed by atoms with Crippen LogP contribution in [0.5, 0.6) is 0 Å². The maximum absolute atomic E-state index is 11.7. The summed E-state index contributed by atoms with van der Waals surface area (Å²) in [6.45, 7) is 4.71. The highest BCUT2D eigenvalue weighted by Crippen LogP contribution is 2.25. The molecule has 0 saturated carbocycles. The van der Waals surface area contributed by atoms with Crippen LogP contribution in [0.3, 0.4) is 0 Å². The van der Waals surface area contributed by atoms with Crippen LogP contribution in [0.25, 0.3) is 0 Å². The number of nitrogens with one attached hydrogen (secondary N) is 2.